The maximum Gasteiger partial charge on any atom is 0.243 e. The fourth-order valence-electron chi connectivity index (χ4n) is 0.892. The molecule has 0 saturated carbocycles. The molecule has 1 amide bonds. The monoisotopic (exact) mass is 204 g/mol. The topological polar surface area (TPSA) is 73.6 Å². The van der Waals surface area contributed by atoms with E-state index in [9.17, 15) is 4.79 Å². The molecule has 0 aromatic rings. The lowest BCUT2D eigenvalue weighted by molar-refractivity contribution is -0.134. The number of nitrogens with one attached hydrogen (secondary N) is 1. The lowest BCUT2D eigenvalue weighted by Gasteiger charge is -2.06. The SMILES string of the molecule is COCCONC(=O)CCCC(C)N. The largest absolute Gasteiger partial charge is 0.382 e. The number of hydroxylamine groups is 1. The fourth-order valence-corrected chi connectivity index (χ4v) is 0.892. The zero-order chi connectivity index (χ0) is 10.8. The first kappa shape index (κ1) is 13.4. The van der Waals surface area contributed by atoms with Crippen LogP contribution in [-0.2, 0) is 14.4 Å². The number of amides is 1. The summed E-state index contributed by atoms with van der Waals surface area (Å²) in [6.07, 6.45) is 2.09. The van der Waals surface area contributed by atoms with Gasteiger partial charge in [0.25, 0.3) is 0 Å². The van der Waals surface area contributed by atoms with E-state index in [1.165, 1.54) is 0 Å². The van der Waals surface area contributed by atoms with Crippen molar-refractivity contribution in [2.75, 3.05) is 20.3 Å². The van der Waals surface area contributed by atoms with E-state index in [1.54, 1.807) is 7.11 Å². The van der Waals surface area contributed by atoms with E-state index in [1.807, 2.05) is 6.92 Å². The van der Waals surface area contributed by atoms with Crippen LogP contribution in [0.1, 0.15) is 26.2 Å². The third-order valence-electron chi connectivity index (χ3n) is 1.64. The normalized spacial score (nSPS) is 12.5. The molecular formula is C9H20N2O3. The number of nitrogens with two attached hydrogens (primary N) is 1. The molecule has 84 valence electrons. The molecule has 5 nitrogen and oxygen atoms in total. The van der Waals surface area contributed by atoms with Gasteiger partial charge in [-0.15, -0.1) is 0 Å². The number of carbonyl (C=O) groups is 1. The molecule has 0 heterocycles. The molecule has 5 heteroatoms. The lowest BCUT2D eigenvalue weighted by atomic mass is 10.1. The van der Waals surface area contributed by atoms with E-state index in [2.05, 4.69) is 5.48 Å². The van der Waals surface area contributed by atoms with Crippen molar-refractivity contribution in [1.29, 1.82) is 0 Å². The van der Waals surface area contributed by atoms with E-state index >= 15 is 0 Å². The molecule has 0 aliphatic carbocycles. The van der Waals surface area contributed by atoms with Crippen molar-refractivity contribution in [2.24, 2.45) is 5.73 Å². The number of rotatable bonds is 8. The molecule has 0 spiro atoms. The molecule has 0 radical (unpaired) electrons. The van der Waals surface area contributed by atoms with Crippen LogP contribution < -0.4 is 11.2 Å². The van der Waals surface area contributed by atoms with Crippen molar-refractivity contribution in [3.8, 4) is 0 Å². The van der Waals surface area contributed by atoms with E-state index < -0.39 is 0 Å². The lowest BCUT2D eigenvalue weighted by Crippen LogP contribution is -2.25. The van der Waals surface area contributed by atoms with Gasteiger partial charge in [0.1, 0.15) is 0 Å². The summed E-state index contributed by atoms with van der Waals surface area (Å²) in [5.74, 6) is -0.109. The van der Waals surface area contributed by atoms with E-state index in [4.69, 9.17) is 15.3 Å². The highest BCUT2D eigenvalue weighted by Crippen LogP contribution is 1.97. The molecule has 0 rings (SSSR count). The van der Waals surface area contributed by atoms with Gasteiger partial charge in [-0.2, -0.15) is 0 Å². The van der Waals surface area contributed by atoms with Crippen molar-refractivity contribution >= 4 is 5.91 Å². The highest BCUT2D eigenvalue weighted by Gasteiger charge is 2.01. The van der Waals surface area contributed by atoms with Crippen LogP contribution in [0.5, 0.6) is 0 Å². The Hall–Kier alpha value is -0.650. The molecule has 14 heavy (non-hydrogen) atoms. The Morgan fingerprint density at radius 3 is 2.79 bits per heavy atom. The summed E-state index contributed by atoms with van der Waals surface area (Å²) < 4.78 is 4.74. The van der Waals surface area contributed by atoms with Crippen LogP contribution in [0.3, 0.4) is 0 Å². The standard InChI is InChI=1S/C9H20N2O3/c1-8(10)4-3-5-9(12)11-14-7-6-13-2/h8H,3-7,10H2,1-2H3,(H,11,12). The summed E-state index contributed by atoms with van der Waals surface area (Å²) in [5.41, 5.74) is 7.87. The molecule has 0 saturated heterocycles. The number of hydrogen-bond acceptors (Lipinski definition) is 4. The van der Waals surface area contributed by atoms with Crippen molar-refractivity contribution in [3.63, 3.8) is 0 Å². The van der Waals surface area contributed by atoms with Gasteiger partial charge in [0.05, 0.1) is 13.2 Å². The molecule has 1 atom stereocenters. The van der Waals surface area contributed by atoms with Gasteiger partial charge >= 0.3 is 0 Å². The second-order valence-electron chi connectivity index (χ2n) is 3.24. The van der Waals surface area contributed by atoms with Gasteiger partial charge in [-0.3, -0.25) is 9.63 Å². The Morgan fingerprint density at radius 2 is 2.21 bits per heavy atom. The van der Waals surface area contributed by atoms with Crippen LogP contribution in [0.15, 0.2) is 0 Å². The van der Waals surface area contributed by atoms with Crippen molar-refractivity contribution in [2.45, 2.75) is 32.2 Å². The second kappa shape index (κ2) is 8.93. The molecule has 0 aliphatic heterocycles. The molecule has 0 aliphatic rings. The Kier molecular flexibility index (Phi) is 8.51. The maximum atomic E-state index is 11.1. The average molecular weight is 204 g/mol. The number of ether oxygens (including phenoxy) is 1. The second-order valence-corrected chi connectivity index (χ2v) is 3.24. The summed E-state index contributed by atoms with van der Waals surface area (Å²) in [6.45, 7) is 2.77. The van der Waals surface area contributed by atoms with Gasteiger partial charge < -0.3 is 10.5 Å². The first-order chi connectivity index (χ1) is 6.66. The Balaban J connectivity index is 3.20. The third-order valence-corrected chi connectivity index (χ3v) is 1.64. The predicted octanol–water partition coefficient (Wildman–Crippen LogP) is 0.198. The molecule has 0 bridgehead atoms. The van der Waals surface area contributed by atoms with Gasteiger partial charge in [-0.1, -0.05) is 0 Å². The van der Waals surface area contributed by atoms with Crippen molar-refractivity contribution in [1.82, 2.24) is 5.48 Å². The number of hydrogen-bond donors (Lipinski definition) is 2. The van der Waals surface area contributed by atoms with Gasteiger partial charge in [0, 0.05) is 19.6 Å². The summed E-state index contributed by atoms with van der Waals surface area (Å²) >= 11 is 0. The third kappa shape index (κ3) is 9.44. The van der Waals surface area contributed by atoms with Crippen LogP contribution in [0.2, 0.25) is 0 Å². The maximum absolute atomic E-state index is 11.1. The minimum atomic E-state index is -0.109. The quantitative estimate of drug-likeness (QED) is 0.437. The molecule has 3 N–H and O–H groups in total. The number of methoxy groups -OCH3 is 1. The van der Waals surface area contributed by atoms with Gasteiger partial charge in [0.15, 0.2) is 0 Å². The van der Waals surface area contributed by atoms with E-state index in [-0.39, 0.29) is 11.9 Å². The Labute approximate surface area is 84.9 Å². The average Bonchev–Trinajstić information content (AvgIpc) is 2.12. The van der Waals surface area contributed by atoms with Gasteiger partial charge in [-0.05, 0) is 19.8 Å². The summed E-state index contributed by atoms with van der Waals surface area (Å²) in [5, 5.41) is 0. The highest BCUT2D eigenvalue weighted by atomic mass is 16.7. The predicted molar refractivity (Wildman–Crippen MR) is 53.5 cm³/mol. The Morgan fingerprint density at radius 1 is 1.50 bits per heavy atom. The summed E-state index contributed by atoms with van der Waals surface area (Å²) in [7, 11) is 1.58. The smallest absolute Gasteiger partial charge is 0.243 e. The number of carbonyl (C=O) groups excluding carboxylic acids is 1. The van der Waals surface area contributed by atoms with Crippen molar-refractivity contribution in [3.05, 3.63) is 0 Å². The first-order valence-electron chi connectivity index (χ1n) is 4.82. The van der Waals surface area contributed by atoms with Gasteiger partial charge in [-0.25, -0.2) is 5.48 Å². The summed E-state index contributed by atoms with van der Waals surface area (Å²) in [6, 6.07) is 0.150. The zero-order valence-electron chi connectivity index (χ0n) is 8.91. The van der Waals surface area contributed by atoms with E-state index in [0.717, 1.165) is 12.8 Å². The van der Waals surface area contributed by atoms with Crippen LogP contribution in [0.25, 0.3) is 0 Å². The van der Waals surface area contributed by atoms with Crippen LogP contribution in [0, 0.1) is 0 Å². The van der Waals surface area contributed by atoms with Crippen LogP contribution in [-0.4, -0.2) is 32.3 Å². The van der Waals surface area contributed by atoms with Crippen molar-refractivity contribution < 1.29 is 14.4 Å². The molecular weight excluding hydrogens is 184 g/mol. The van der Waals surface area contributed by atoms with Gasteiger partial charge in [0.2, 0.25) is 5.91 Å². The van der Waals surface area contributed by atoms with E-state index in [0.29, 0.717) is 19.6 Å². The van der Waals surface area contributed by atoms with Crippen LogP contribution in [0.4, 0.5) is 0 Å². The zero-order valence-corrected chi connectivity index (χ0v) is 8.91. The first-order valence-corrected chi connectivity index (χ1v) is 4.82. The fraction of sp³-hybridized carbons (Fsp3) is 0.889. The summed E-state index contributed by atoms with van der Waals surface area (Å²) in [4.78, 5) is 15.9. The highest BCUT2D eigenvalue weighted by molar-refractivity contribution is 5.74. The van der Waals surface area contributed by atoms with Crippen LogP contribution >= 0.6 is 0 Å². The minimum Gasteiger partial charge on any atom is -0.382 e. The molecule has 0 aromatic heterocycles. The molecule has 0 fully saturated rings. The molecule has 1 unspecified atom stereocenters. The Bertz CT molecular complexity index is 151. The molecule has 0 aromatic carbocycles. The minimum absolute atomic E-state index is 0.109.